The summed E-state index contributed by atoms with van der Waals surface area (Å²) in [7, 11) is 0. The normalized spacial score (nSPS) is 18.8. The van der Waals surface area contributed by atoms with Crippen molar-refractivity contribution in [3.05, 3.63) is 28.8 Å². The number of halogens is 1. The highest BCUT2D eigenvalue weighted by atomic mass is 35.5. The van der Waals surface area contributed by atoms with Crippen LogP contribution in [0.25, 0.3) is 0 Å². The van der Waals surface area contributed by atoms with Gasteiger partial charge in [0.2, 0.25) is 0 Å². The highest BCUT2D eigenvalue weighted by Crippen LogP contribution is 2.33. The maximum atomic E-state index is 12.4. The molecule has 0 radical (unpaired) electrons. The van der Waals surface area contributed by atoms with Crippen LogP contribution in [0.1, 0.15) is 59.4 Å². The summed E-state index contributed by atoms with van der Waals surface area (Å²) in [5, 5.41) is 0.630. The molecule has 1 aliphatic rings. The van der Waals surface area contributed by atoms with Crippen molar-refractivity contribution in [1.82, 2.24) is 4.90 Å². The number of benzene rings is 1. The van der Waals surface area contributed by atoms with Crippen LogP contribution in [0, 0.1) is 17.8 Å². The maximum absolute atomic E-state index is 12.4. The molecule has 27 heavy (non-hydrogen) atoms. The molecule has 2 N–H and O–H groups in total. The van der Waals surface area contributed by atoms with Crippen molar-refractivity contribution in [2.45, 2.75) is 65.9 Å². The van der Waals surface area contributed by atoms with E-state index >= 15 is 0 Å². The quantitative estimate of drug-likeness (QED) is 0.622. The summed E-state index contributed by atoms with van der Waals surface area (Å²) in [6.45, 7) is 11.9. The van der Waals surface area contributed by atoms with Gasteiger partial charge in [-0.3, -0.25) is 0 Å². The summed E-state index contributed by atoms with van der Waals surface area (Å²) in [5.74, 6) is 1.76. The number of nitrogens with zero attached hydrogens (tertiary/aromatic N) is 1. The Balaban J connectivity index is 1.97. The minimum absolute atomic E-state index is 0.182. The molecule has 0 bridgehead atoms. The maximum Gasteiger partial charge on any atom is 0.410 e. The third-order valence-corrected chi connectivity index (χ3v) is 5.51. The van der Waals surface area contributed by atoms with Crippen LogP contribution in [0.3, 0.4) is 0 Å². The Bertz CT molecular complexity index is 640. The van der Waals surface area contributed by atoms with Gasteiger partial charge in [-0.1, -0.05) is 31.5 Å². The van der Waals surface area contributed by atoms with Gasteiger partial charge in [0.1, 0.15) is 5.60 Å². The number of aryl methyl sites for hydroxylation is 1. The minimum Gasteiger partial charge on any atom is -0.444 e. The molecular weight excluding hydrogens is 360 g/mol. The predicted octanol–water partition coefficient (Wildman–Crippen LogP) is 5.77. The standard InChI is InChI=1S/C22H35ClN2O2/c1-15(2)12-17(8-6-16-7-9-20(24)19(23)13-16)18-10-11-25(14-18)21(26)27-22(3,4)5/h7,9,13,15,17-18H,6,8,10-12,14,24H2,1-5H3/t17?,18-/m0/s1. The van der Waals surface area contributed by atoms with Gasteiger partial charge in [-0.2, -0.15) is 0 Å². The van der Waals surface area contributed by atoms with Gasteiger partial charge in [-0.25, -0.2) is 4.79 Å². The Morgan fingerprint density at radius 3 is 2.67 bits per heavy atom. The molecule has 0 aromatic heterocycles. The van der Waals surface area contributed by atoms with Crippen LogP contribution in [0.4, 0.5) is 10.5 Å². The lowest BCUT2D eigenvalue weighted by molar-refractivity contribution is 0.0282. The molecule has 1 unspecified atom stereocenters. The topological polar surface area (TPSA) is 55.6 Å². The Labute approximate surface area is 169 Å². The van der Waals surface area contributed by atoms with Crippen LogP contribution in [0.5, 0.6) is 0 Å². The summed E-state index contributed by atoms with van der Waals surface area (Å²) < 4.78 is 5.54. The van der Waals surface area contributed by atoms with E-state index in [0.717, 1.165) is 32.4 Å². The number of carbonyl (C=O) groups is 1. The zero-order chi connectivity index (χ0) is 20.2. The number of amides is 1. The number of carbonyl (C=O) groups excluding carboxylic acids is 1. The molecule has 5 heteroatoms. The highest BCUT2D eigenvalue weighted by Gasteiger charge is 2.34. The van der Waals surface area contributed by atoms with E-state index in [-0.39, 0.29) is 6.09 Å². The highest BCUT2D eigenvalue weighted by molar-refractivity contribution is 6.33. The first-order valence-electron chi connectivity index (χ1n) is 10.1. The van der Waals surface area contributed by atoms with E-state index in [1.807, 2.05) is 37.8 Å². The van der Waals surface area contributed by atoms with Gasteiger partial charge in [0.05, 0.1) is 10.7 Å². The van der Waals surface area contributed by atoms with Gasteiger partial charge in [-0.05, 0) is 81.9 Å². The van der Waals surface area contributed by atoms with Crippen molar-refractivity contribution in [2.24, 2.45) is 17.8 Å². The Morgan fingerprint density at radius 2 is 2.07 bits per heavy atom. The lowest BCUT2D eigenvalue weighted by Crippen LogP contribution is -2.36. The van der Waals surface area contributed by atoms with E-state index in [2.05, 4.69) is 19.9 Å². The fourth-order valence-electron chi connectivity index (χ4n) is 3.89. The molecule has 0 aliphatic carbocycles. The van der Waals surface area contributed by atoms with Crippen molar-refractivity contribution >= 4 is 23.4 Å². The summed E-state index contributed by atoms with van der Waals surface area (Å²) >= 11 is 6.16. The second-order valence-electron chi connectivity index (χ2n) is 9.26. The Hall–Kier alpha value is -1.42. The Kier molecular flexibility index (Phi) is 7.44. The molecule has 2 atom stereocenters. The molecule has 1 saturated heterocycles. The van der Waals surface area contributed by atoms with Crippen molar-refractivity contribution in [3.63, 3.8) is 0 Å². The molecule has 152 valence electrons. The van der Waals surface area contributed by atoms with E-state index in [9.17, 15) is 4.79 Å². The number of rotatable bonds is 6. The number of hydrogen-bond acceptors (Lipinski definition) is 3. The third-order valence-electron chi connectivity index (χ3n) is 5.19. The number of nitrogen functional groups attached to an aromatic ring is 1. The number of ether oxygens (including phenoxy) is 1. The monoisotopic (exact) mass is 394 g/mol. The average Bonchev–Trinajstić information content (AvgIpc) is 3.02. The van der Waals surface area contributed by atoms with Crippen molar-refractivity contribution in [2.75, 3.05) is 18.8 Å². The predicted molar refractivity (Wildman–Crippen MR) is 113 cm³/mol. The lowest BCUT2D eigenvalue weighted by Gasteiger charge is -2.27. The van der Waals surface area contributed by atoms with Crippen molar-refractivity contribution in [3.8, 4) is 0 Å². The molecule has 4 nitrogen and oxygen atoms in total. The van der Waals surface area contributed by atoms with Crippen LogP contribution in [0.15, 0.2) is 18.2 Å². The van der Waals surface area contributed by atoms with Crippen molar-refractivity contribution < 1.29 is 9.53 Å². The fraction of sp³-hybridized carbons (Fsp3) is 0.682. The van der Waals surface area contributed by atoms with Crippen LogP contribution in [-0.4, -0.2) is 29.7 Å². The van der Waals surface area contributed by atoms with Gasteiger partial charge >= 0.3 is 6.09 Å². The van der Waals surface area contributed by atoms with Crippen LogP contribution < -0.4 is 5.73 Å². The molecule has 1 aliphatic heterocycles. The third kappa shape index (κ3) is 6.91. The average molecular weight is 395 g/mol. The molecule has 0 spiro atoms. The Morgan fingerprint density at radius 1 is 1.37 bits per heavy atom. The zero-order valence-corrected chi connectivity index (χ0v) is 18.2. The number of hydrogen-bond donors (Lipinski definition) is 1. The first kappa shape index (κ1) is 21.9. The molecule has 1 fully saturated rings. The molecule has 1 aromatic rings. The first-order valence-corrected chi connectivity index (χ1v) is 10.4. The van der Waals surface area contributed by atoms with E-state index in [4.69, 9.17) is 22.1 Å². The molecule has 0 saturated carbocycles. The second kappa shape index (κ2) is 9.18. The molecule has 2 rings (SSSR count). The van der Waals surface area contributed by atoms with E-state index in [0.29, 0.717) is 28.5 Å². The number of anilines is 1. The fourth-order valence-corrected chi connectivity index (χ4v) is 4.10. The summed E-state index contributed by atoms with van der Waals surface area (Å²) in [4.78, 5) is 14.3. The van der Waals surface area contributed by atoms with Crippen LogP contribution >= 0.6 is 11.6 Å². The molecular formula is C22H35ClN2O2. The molecule has 1 amide bonds. The van der Waals surface area contributed by atoms with Gasteiger partial charge in [0.25, 0.3) is 0 Å². The van der Waals surface area contributed by atoms with Gasteiger partial charge < -0.3 is 15.4 Å². The van der Waals surface area contributed by atoms with E-state index < -0.39 is 5.60 Å². The van der Waals surface area contributed by atoms with Crippen LogP contribution in [0.2, 0.25) is 5.02 Å². The number of nitrogens with two attached hydrogens (primary N) is 1. The molecule has 1 heterocycles. The summed E-state index contributed by atoms with van der Waals surface area (Å²) in [6.07, 6.45) is 4.14. The lowest BCUT2D eigenvalue weighted by atomic mass is 9.81. The largest absolute Gasteiger partial charge is 0.444 e. The van der Waals surface area contributed by atoms with Gasteiger partial charge in [-0.15, -0.1) is 0 Å². The SMILES string of the molecule is CC(C)CC(CCc1ccc(N)c(Cl)c1)[C@H]1CCN(C(=O)OC(C)(C)C)C1. The zero-order valence-electron chi connectivity index (χ0n) is 17.4. The minimum atomic E-state index is -0.444. The van der Waals surface area contributed by atoms with Crippen molar-refractivity contribution in [1.29, 1.82) is 0 Å². The summed E-state index contributed by atoms with van der Waals surface area (Å²) in [6, 6.07) is 5.93. The van der Waals surface area contributed by atoms with Gasteiger partial charge in [0, 0.05) is 13.1 Å². The second-order valence-corrected chi connectivity index (χ2v) is 9.67. The number of likely N-dealkylation sites (tertiary alicyclic amines) is 1. The van der Waals surface area contributed by atoms with Crippen LogP contribution in [-0.2, 0) is 11.2 Å². The molecule has 1 aromatic carbocycles. The van der Waals surface area contributed by atoms with Gasteiger partial charge in [0.15, 0.2) is 0 Å². The smallest absolute Gasteiger partial charge is 0.410 e. The first-order chi connectivity index (χ1) is 12.5. The van der Waals surface area contributed by atoms with E-state index in [1.165, 1.54) is 12.0 Å². The van der Waals surface area contributed by atoms with E-state index in [1.54, 1.807) is 0 Å². The summed E-state index contributed by atoms with van der Waals surface area (Å²) in [5.41, 5.74) is 7.23.